The molecule has 5 heteroatoms. The van der Waals surface area contributed by atoms with E-state index in [1.165, 1.54) is 11.6 Å². The molecule has 3 heterocycles. The molecule has 0 aliphatic rings. The maximum atomic E-state index is 11.8. The number of carbonyl (C=O) groups is 1. The van der Waals surface area contributed by atoms with E-state index in [-0.39, 0.29) is 5.91 Å². The van der Waals surface area contributed by atoms with Crippen LogP contribution in [0.5, 0.6) is 0 Å². The molecule has 0 spiro atoms. The Morgan fingerprint density at radius 1 is 1.32 bits per heavy atom. The van der Waals surface area contributed by atoms with Crippen molar-refractivity contribution in [3.63, 3.8) is 0 Å². The Bertz CT molecular complexity index is 821. The number of hydrogen-bond donors (Lipinski definition) is 1. The van der Waals surface area contributed by atoms with Gasteiger partial charge in [0.2, 0.25) is 5.91 Å². The Balaban J connectivity index is 1.61. The average Bonchev–Trinajstić information content (AvgIpc) is 2.94. The fourth-order valence-corrected chi connectivity index (χ4v) is 2.12. The molecule has 0 aliphatic heterocycles. The van der Waals surface area contributed by atoms with Gasteiger partial charge < -0.3 is 9.72 Å². The topological polar surface area (TPSA) is 59.3 Å². The monoisotopic (exact) mass is 292 g/mol. The predicted octanol–water partition coefficient (Wildman–Crippen LogP) is 2.37. The van der Waals surface area contributed by atoms with Crippen LogP contribution in [0.25, 0.3) is 11.7 Å². The van der Waals surface area contributed by atoms with Gasteiger partial charge in [0.05, 0.1) is 12.2 Å². The van der Waals surface area contributed by atoms with Gasteiger partial charge in [-0.1, -0.05) is 12.1 Å². The number of imidazole rings is 1. The van der Waals surface area contributed by atoms with E-state index in [1.54, 1.807) is 18.5 Å². The molecule has 0 atom stereocenters. The summed E-state index contributed by atoms with van der Waals surface area (Å²) in [5.74, 6) is -0.155. The van der Waals surface area contributed by atoms with Crippen LogP contribution in [0.15, 0.2) is 55.1 Å². The van der Waals surface area contributed by atoms with Crippen molar-refractivity contribution < 1.29 is 4.79 Å². The lowest BCUT2D eigenvalue weighted by molar-refractivity contribution is -0.116. The van der Waals surface area contributed by atoms with E-state index in [4.69, 9.17) is 0 Å². The van der Waals surface area contributed by atoms with Crippen LogP contribution in [0.4, 0.5) is 0 Å². The molecule has 0 saturated heterocycles. The third-order valence-electron chi connectivity index (χ3n) is 3.20. The molecule has 0 bridgehead atoms. The number of nitrogens with one attached hydrogen (secondary N) is 1. The lowest BCUT2D eigenvalue weighted by Crippen LogP contribution is -2.20. The number of rotatable bonds is 4. The van der Waals surface area contributed by atoms with Crippen molar-refractivity contribution in [2.45, 2.75) is 13.5 Å². The molecule has 3 aromatic rings. The summed E-state index contributed by atoms with van der Waals surface area (Å²) in [6.45, 7) is 2.43. The van der Waals surface area contributed by atoms with Crippen molar-refractivity contribution in [1.82, 2.24) is 19.7 Å². The number of aryl methyl sites for hydroxylation is 1. The van der Waals surface area contributed by atoms with Crippen LogP contribution in [-0.2, 0) is 11.3 Å². The lowest BCUT2D eigenvalue weighted by Gasteiger charge is -1.98. The molecule has 0 fully saturated rings. The van der Waals surface area contributed by atoms with Gasteiger partial charge >= 0.3 is 0 Å². The van der Waals surface area contributed by atoms with Crippen LogP contribution in [0, 0.1) is 6.92 Å². The van der Waals surface area contributed by atoms with Gasteiger partial charge in [0.1, 0.15) is 5.65 Å². The van der Waals surface area contributed by atoms with Gasteiger partial charge in [0.25, 0.3) is 0 Å². The summed E-state index contributed by atoms with van der Waals surface area (Å²) in [5, 5.41) is 2.82. The second-order valence-corrected chi connectivity index (χ2v) is 5.04. The summed E-state index contributed by atoms with van der Waals surface area (Å²) < 4.78 is 1.96. The Morgan fingerprint density at radius 3 is 3.05 bits per heavy atom. The van der Waals surface area contributed by atoms with Crippen molar-refractivity contribution in [3.05, 3.63) is 71.9 Å². The standard InChI is InChI=1S/C17H16N4O/c1-13-4-6-16-20-15(12-21(16)11-13)10-19-17(22)7-5-14-3-2-8-18-9-14/h2-9,11-12H,10H2,1H3,(H,19,22)/b7-5-. The van der Waals surface area contributed by atoms with Crippen LogP contribution >= 0.6 is 0 Å². The Kier molecular flexibility index (Phi) is 3.96. The van der Waals surface area contributed by atoms with E-state index >= 15 is 0 Å². The highest BCUT2D eigenvalue weighted by molar-refractivity contribution is 5.91. The first-order valence-electron chi connectivity index (χ1n) is 7.01. The summed E-state index contributed by atoms with van der Waals surface area (Å²) in [6, 6.07) is 7.70. The molecule has 22 heavy (non-hydrogen) atoms. The first-order chi connectivity index (χ1) is 10.7. The zero-order valence-electron chi connectivity index (χ0n) is 12.2. The number of nitrogens with zero attached hydrogens (tertiary/aromatic N) is 3. The molecule has 1 amide bonds. The highest BCUT2D eigenvalue weighted by Gasteiger charge is 2.03. The smallest absolute Gasteiger partial charge is 0.244 e. The number of fused-ring (bicyclic) bond motifs is 1. The minimum absolute atomic E-state index is 0.155. The summed E-state index contributed by atoms with van der Waals surface area (Å²) >= 11 is 0. The van der Waals surface area contributed by atoms with Crippen LogP contribution in [0.1, 0.15) is 16.8 Å². The molecule has 0 aromatic carbocycles. The zero-order chi connectivity index (χ0) is 15.4. The molecule has 5 nitrogen and oxygen atoms in total. The van der Waals surface area contributed by atoms with Crippen molar-refractivity contribution in [2.24, 2.45) is 0 Å². The van der Waals surface area contributed by atoms with Crippen LogP contribution < -0.4 is 5.32 Å². The number of amides is 1. The van der Waals surface area contributed by atoms with Gasteiger partial charge in [-0.3, -0.25) is 9.78 Å². The van der Waals surface area contributed by atoms with Gasteiger partial charge in [-0.15, -0.1) is 0 Å². The molecule has 1 N–H and O–H groups in total. The number of pyridine rings is 2. The van der Waals surface area contributed by atoms with Crippen molar-refractivity contribution in [2.75, 3.05) is 0 Å². The molecule has 110 valence electrons. The molecule has 0 aliphatic carbocycles. The number of hydrogen-bond acceptors (Lipinski definition) is 3. The normalized spacial score (nSPS) is 11.1. The molecule has 3 aromatic heterocycles. The van der Waals surface area contributed by atoms with E-state index in [0.29, 0.717) is 6.54 Å². The minimum Gasteiger partial charge on any atom is -0.347 e. The van der Waals surface area contributed by atoms with Crippen molar-refractivity contribution in [1.29, 1.82) is 0 Å². The molecule has 0 unspecified atom stereocenters. The minimum atomic E-state index is -0.155. The Labute approximate surface area is 128 Å². The molecular formula is C17H16N4O. The summed E-state index contributed by atoms with van der Waals surface area (Å²) in [5.41, 5.74) is 3.76. The number of carbonyl (C=O) groups excluding carboxylic acids is 1. The predicted molar refractivity (Wildman–Crippen MR) is 85.0 cm³/mol. The van der Waals surface area contributed by atoms with E-state index in [0.717, 1.165) is 16.9 Å². The molecular weight excluding hydrogens is 276 g/mol. The quantitative estimate of drug-likeness (QED) is 0.751. The maximum Gasteiger partial charge on any atom is 0.244 e. The second kappa shape index (κ2) is 6.22. The molecule has 3 rings (SSSR count). The SMILES string of the molecule is Cc1ccc2nc(CNC(=O)/C=C\c3cccnc3)cn2c1. The fraction of sp³-hybridized carbons (Fsp3) is 0.118. The van der Waals surface area contributed by atoms with E-state index in [2.05, 4.69) is 15.3 Å². The third-order valence-corrected chi connectivity index (χ3v) is 3.20. The van der Waals surface area contributed by atoms with Crippen LogP contribution in [0.3, 0.4) is 0 Å². The van der Waals surface area contributed by atoms with E-state index in [9.17, 15) is 4.79 Å². The van der Waals surface area contributed by atoms with Crippen molar-refractivity contribution >= 4 is 17.6 Å². The first-order valence-corrected chi connectivity index (χ1v) is 7.01. The van der Waals surface area contributed by atoms with Crippen LogP contribution in [-0.4, -0.2) is 20.3 Å². The Morgan fingerprint density at radius 2 is 2.23 bits per heavy atom. The second-order valence-electron chi connectivity index (χ2n) is 5.04. The van der Waals surface area contributed by atoms with Gasteiger partial charge in [0.15, 0.2) is 0 Å². The highest BCUT2D eigenvalue weighted by atomic mass is 16.1. The fourth-order valence-electron chi connectivity index (χ4n) is 2.12. The van der Waals surface area contributed by atoms with E-state index < -0.39 is 0 Å². The average molecular weight is 292 g/mol. The maximum absolute atomic E-state index is 11.8. The first kappa shape index (κ1) is 14.0. The van der Waals surface area contributed by atoms with Crippen LogP contribution in [0.2, 0.25) is 0 Å². The lowest BCUT2D eigenvalue weighted by atomic mass is 10.2. The molecule has 0 radical (unpaired) electrons. The number of aromatic nitrogens is 3. The molecule has 0 saturated carbocycles. The van der Waals surface area contributed by atoms with Gasteiger partial charge in [0, 0.05) is 30.9 Å². The van der Waals surface area contributed by atoms with E-state index in [1.807, 2.05) is 48.0 Å². The van der Waals surface area contributed by atoms with Gasteiger partial charge in [-0.25, -0.2) is 4.98 Å². The summed E-state index contributed by atoms with van der Waals surface area (Å²) in [7, 11) is 0. The third kappa shape index (κ3) is 3.38. The zero-order valence-corrected chi connectivity index (χ0v) is 12.2. The van der Waals surface area contributed by atoms with Gasteiger partial charge in [-0.2, -0.15) is 0 Å². The summed E-state index contributed by atoms with van der Waals surface area (Å²) in [4.78, 5) is 20.3. The highest BCUT2D eigenvalue weighted by Crippen LogP contribution is 2.07. The summed E-state index contributed by atoms with van der Waals surface area (Å²) in [6.07, 6.45) is 10.6. The van der Waals surface area contributed by atoms with Crippen molar-refractivity contribution in [3.8, 4) is 0 Å². The van der Waals surface area contributed by atoms with Gasteiger partial charge in [-0.05, 0) is 36.3 Å². The Hall–Kier alpha value is -2.95. The largest absolute Gasteiger partial charge is 0.347 e.